The molecule has 0 saturated carbocycles. The van der Waals surface area contributed by atoms with Gasteiger partial charge in [0, 0.05) is 19.0 Å². The Hall–Kier alpha value is -3.37. The topological polar surface area (TPSA) is 135 Å². The highest BCUT2D eigenvalue weighted by molar-refractivity contribution is 6.01. The molecule has 2 rings (SSSR count). The second-order valence-corrected chi connectivity index (χ2v) is 6.84. The number of nitro benzene ring substituents is 1. The van der Waals surface area contributed by atoms with E-state index in [1.165, 1.54) is 32.3 Å². The third-order valence-electron chi connectivity index (χ3n) is 4.96. The lowest BCUT2D eigenvalue weighted by Crippen LogP contribution is -2.48. The number of amides is 1. The molecule has 0 aliphatic carbocycles. The van der Waals surface area contributed by atoms with Crippen LogP contribution in [-0.2, 0) is 19.1 Å². The molecule has 1 aliphatic rings. The number of piperidine rings is 1. The quantitative estimate of drug-likeness (QED) is 0.246. The Balaban J connectivity index is 2.32. The number of likely N-dealkylation sites (tertiary alicyclic amines) is 1. The van der Waals surface area contributed by atoms with Gasteiger partial charge in [0.1, 0.15) is 11.6 Å². The van der Waals surface area contributed by atoms with Crippen molar-refractivity contribution in [2.45, 2.75) is 38.1 Å². The van der Waals surface area contributed by atoms with Gasteiger partial charge in [-0.2, -0.15) is 0 Å². The number of rotatable bonds is 9. The van der Waals surface area contributed by atoms with Gasteiger partial charge < -0.3 is 23.8 Å². The Kier molecular flexibility index (Phi) is 8.59. The maximum atomic E-state index is 13.2. The Labute approximate surface area is 179 Å². The minimum absolute atomic E-state index is 0.0683. The summed E-state index contributed by atoms with van der Waals surface area (Å²) in [7, 11) is 3.85. The second kappa shape index (κ2) is 11.1. The molecule has 1 heterocycles. The van der Waals surface area contributed by atoms with Crippen molar-refractivity contribution in [1.82, 2.24) is 4.90 Å². The number of nitrogens with zero attached hydrogens (tertiary/aromatic N) is 2. The van der Waals surface area contributed by atoms with E-state index < -0.39 is 34.5 Å². The van der Waals surface area contributed by atoms with Gasteiger partial charge in [0.15, 0.2) is 11.5 Å². The van der Waals surface area contributed by atoms with E-state index in [-0.39, 0.29) is 36.6 Å². The Bertz CT molecular complexity index is 840. The lowest BCUT2D eigenvalue weighted by Gasteiger charge is -2.33. The van der Waals surface area contributed by atoms with Crippen LogP contribution in [0.4, 0.5) is 5.69 Å². The third-order valence-corrected chi connectivity index (χ3v) is 4.96. The number of ether oxygens (including phenoxy) is 4. The molecule has 0 aromatic heterocycles. The van der Waals surface area contributed by atoms with Crippen molar-refractivity contribution in [2.75, 3.05) is 34.5 Å². The summed E-state index contributed by atoms with van der Waals surface area (Å²) in [5, 5.41) is 11.7. The van der Waals surface area contributed by atoms with Crippen LogP contribution in [-0.4, -0.2) is 68.2 Å². The number of hydrogen-bond acceptors (Lipinski definition) is 9. The lowest BCUT2D eigenvalue weighted by molar-refractivity contribution is -0.385. The van der Waals surface area contributed by atoms with Crippen molar-refractivity contribution in [2.24, 2.45) is 0 Å². The molecule has 0 radical (unpaired) electrons. The predicted molar refractivity (Wildman–Crippen MR) is 107 cm³/mol. The molecule has 0 bridgehead atoms. The van der Waals surface area contributed by atoms with Crippen molar-refractivity contribution in [3.05, 3.63) is 27.8 Å². The summed E-state index contributed by atoms with van der Waals surface area (Å²) in [5.74, 6) is -1.42. The maximum absolute atomic E-state index is 13.2. The molecule has 0 N–H and O–H groups in total. The minimum Gasteiger partial charge on any atom is -0.493 e. The molecule has 31 heavy (non-hydrogen) atoms. The standard InChI is InChI=1S/C20H26N2O9/c1-28-16-11-13(19(24)21-9-5-4-7-14(21)20(25)30-3)15(22(26)27)12-17(16)31-10-6-8-18(23)29-2/h11-12,14H,4-10H2,1-3H3/t14-/m0/s1. The van der Waals surface area contributed by atoms with Gasteiger partial charge in [0.05, 0.1) is 38.9 Å². The first kappa shape index (κ1) is 23.9. The van der Waals surface area contributed by atoms with Crippen molar-refractivity contribution in [3.8, 4) is 11.5 Å². The molecule has 1 aromatic rings. The van der Waals surface area contributed by atoms with Crippen LogP contribution >= 0.6 is 0 Å². The summed E-state index contributed by atoms with van der Waals surface area (Å²) in [6, 6.07) is 1.55. The van der Waals surface area contributed by atoms with E-state index in [0.29, 0.717) is 19.3 Å². The van der Waals surface area contributed by atoms with Gasteiger partial charge in [0.2, 0.25) is 0 Å². The Morgan fingerprint density at radius 1 is 1.13 bits per heavy atom. The zero-order valence-corrected chi connectivity index (χ0v) is 17.8. The van der Waals surface area contributed by atoms with Crippen LogP contribution in [0.3, 0.4) is 0 Å². The number of benzene rings is 1. The summed E-state index contributed by atoms with van der Waals surface area (Å²) >= 11 is 0. The van der Waals surface area contributed by atoms with Crippen LogP contribution in [0.1, 0.15) is 42.5 Å². The number of hydrogen-bond donors (Lipinski definition) is 0. The monoisotopic (exact) mass is 438 g/mol. The summed E-state index contributed by atoms with van der Waals surface area (Å²) in [6.45, 7) is 0.371. The van der Waals surface area contributed by atoms with Gasteiger partial charge in [0.25, 0.3) is 11.6 Å². The molecular weight excluding hydrogens is 412 g/mol. The molecule has 0 spiro atoms. The number of carbonyl (C=O) groups is 3. The average molecular weight is 438 g/mol. The fourth-order valence-electron chi connectivity index (χ4n) is 3.36. The molecule has 11 heteroatoms. The molecule has 1 amide bonds. The van der Waals surface area contributed by atoms with Gasteiger partial charge >= 0.3 is 11.9 Å². The fourth-order valence-corrected chi connectivity index (χ4v) is 3.36. The van der Waals surface area contributed by atoms with Crippen LogP contribution in [0.2, 0.25) is 0 Å². The molecule has 1 aromatic carbocycles. The zero-order valence-electron chi connectivity index (χ0n) is 17.8. The van der Waals surface area contributed by atoms with Crippen LogP contribution in [0.5, 0.6) is 11.5 Å². The molecular formula is C20H26N2O9. The summed E-state index contributed by atoms with van der Waals surface area (Å²) in [5.41, 5.74) is -0.678. The van der Waals surface area contributed by atoms with Gasteiger partial charge in [-0.05, 0) is 25.7 Å². The van der Waals surface area contributed by atoms with Gasteiger partial charge in [-0.1, -0.05) is 0 Å². The third kappa shape index (κ3) is 5.83. The van der Waals surface area contributed by atoms with E-state index in [2.05, 4.69) is 4.74 Å². The summed E-state index contributed by atoms with van der Waals surface area (Å²) in [4.78, 5) is 48.7. The number of methoxy groups -OCH3 is 3. The van der Waals surface area contributed by atoms with Gasteiger partial charge in [-0.15, -0.1) is 0 Å². The van der Waals surface area contributed by atoms with E-state index in [0.717, 1.165) is 12.5 Å². The molecule has 1 saturated heterocycles. The van der Waals surface area contributed by atoms with E-state index >= 15 is 0 Å². The highest BCUT2D eigenvalue weighted by Crippen LogP contribution is 2.36. The predicted octanol–water partition coefficient (Wildman–Crippen LogP) is 2.10. The zero-order chi connectivity index (χ0) is 23.0. The normalized spacial score (nSPS) is 15.7. The van der Waals surface area contributed by atoms with Crippen LogP contribution in [0.15, 0.2) is 12.1 Å². The van der Waals surface area contributed by atoms with Crippen LogP contribution in [0.25, 0.3) is 0 Å². The maximum Gasteiger partial charge on any atom is 0.328 e. The molecule has 1 fully saturated rings. The first-order valence-electron chi connectivity index (χ1n) is 9.78. The highest BCUT2D eigenvalue weighted by Gasteiger charge is 2.36. The second-order valence-electron chi connectivity index (χ2n) is 6.84. The van der Waals surface area contributed by atoms with Crippen molar-refractivity contribution in [3.63, 3.8) is 0 Å². The average Bonchev–Trinajstić information content (AvgIpc) is 2.79. The highest BCUT2D eigenvalue weighted by atomic mass is 16.6. The fraction of sp³-hybridized carbons (Fsp3) is 0.550. The molecule has 0 unspecified atom stereocenters. The number of nitro groups is 1. The molecule has 11 nitrogen and oxygen atoms in total. The minimum atomic E-state index is -0.800. The van der Waals surface area contributed by atoms with E-state index in [4.69, 9.17) is 14.2 Å². The van der Waals surface area contributed by atoms with Crippen molar-refractivity contribution in [1.29, 1.82) is 0 Å². The largest absolute Gasteiger partial charge is 0.493 e. The first-order chi connectivity index (χ1) is 14.8. The van der Waals surface area contributed by atoms with E-state index in [1.807, 2.05) is 0 Å². The summed E-state index contributed by atoms with van der Waals surface area (Å²) in [6.07, 6.45) is 2.30. The lowest BCUT2D eigenvalue weighted by atomic mass is 10.00. The van der Waals surface area contributed by atoms with Gasteiger partial charge in [-0.25, -0.2) is 4.79 Å². The first-order valence-corrected chi connectivity index (χ1v) is 9.78. The molecule has 170 valence electrons. The van der Waals surface area contributed by atoms with Crippen molar-refractivity contribution < 1.29 is 38.3 Å². The molecule has 1 atom stereocenters. The number of esters is 2. The Morgan fingerprint density at radius 3 is 2.48 bits per heavy atom. The SMILES string of the molecule is COC(=O)CCCOc1cc([N+](=O)[O-])c(C(=O)N2CCCC[C@H]2C(=O)OC)cc1OC. The Morgan fingerprint density at radius 2 is 1.87 bits per heavy atom. The van der Waals surface area contributed by atoms with Crippen LogP contribution in [0, 0.1) is 10.1 Å². The molecule has 1 aliphatic heterocycles. The summed E-state index contributed by atoms with van der Waals surface area (Å²) < 4.78 is 20.1. The van der Waals surface area contributed by atoms with E-state index in [1.54, 1.807) is 0 Å². The van der Waals surface area contributed by atoms with Crippen LogP contribution < -0.4 is 9.47 Å². The van der Waals surface area contributed by atoms with Gasteiger partial charge in [-0.3, -0.25) is 19.7 Å². The van der Waals surface area contributed by atoms with E-state index in [9.17, 15) is 24.5 Å². The number of carbonyl (C=O) groups excluding carboxylic acids is 3. The smallest absolute Gasteiger partial charge is 0.328 e. The van der Waals surface area contributed by atoms with Crippen molar-refractivity contribution >= 4 is 23.5 Å².